The summed E-state index contributed by atoms with van der Waals surface area (Å²) >= 11 is 0. The minimum absolute atomic E-state index is 0.0320. The molecule has 3 rings (SSSR count). The lowest BCUT2D eigenvalue weighted by Crippen LogP contribution is -2.19. The van der Waals surface area contributed by atoms with E-state index in [1.54, 1.807) is 24.0 Å². The van der Waals surface area contributed by atoms with Gasteiger partial charge in [-0.1, -0.05) is 0 Å². The number of aryl methyl sites for hydroxylation is 1. The summed E-state index contributed by atoms with van der Waals surface area (Å²) in [5.74, 6) is 0.783. The lowest BCUT2D eigenvalue weighted by molar-refractivity contribution is 0.108. The van der Waals surface area contributed by atoms with E-state index >= 15 is 0 Å². The van der Waals surface area contributed by atoms with Crippen LogP contribution in [0.2, 0.25) is 0 Å². The third-order valence-electron chi connectivity index (χ3n) is 3.35. The summed E-state index contributed by atoms with van der Waals surface area (Å²) in [6, 6.07) is 1.35. The highest BCUT2D eigenvalue weighted by atomic mass is 16.5. The van der Waals surface area contributed by atoms with Crippen molar-refractivity contribution >= 4 is 17.5 Å². The number of hydrogen-bond donors (Lipinski definition) is 3. The van der Waals surface area contributed by atoms with Crippen LogP contribution in [-0.4, -0.2) is 39.7 Å². The second-order valence-electron chi connectivity index (χ2n) is 5.02. The Morgan fingerprint density at radius 3 is 3.14 bits per heavy atom. The second-order valence-corrected chi connectivity index (χ2v) is 5.02. The number of carbonyl (C=O) groups is 1. The number of rotatable bonds is 4. The quantitative estimate of drug-likeness (QED) is 0.796. The van der Waals surface area contributed by atoms with E-state index < -0.39 is 6.03 Å². The number of anilines is 2. The Bertz CT molecular complexity index is 659. The van der Waals surface area contributed by atoms with E-state index in [0.717, 1.165) is 25.1 Å². The molecule has 0 spiro atoms. The molecule has 1 aliphatic rings. The molecule has 3 N–H and O–H groups in total. The largest absolute Gasteiger partial charge is 0.478 e. The summed E-state index contributed by atoms with van der Waals surface area (Å²) in [5.41, 5.74) is 1.35. The van der Waals surface area contributed by atoms with Gasteiger partial charge in [0.2, 0.25) is 0 Å². The van der Waals surface area contributed by atoms with E-state index in [1.165, 1.54) is 7.11 Å². The van der Waals surface area contributed by atoms with Gasteiger partial charge in [-0.05, 0) is 12.8 Å². The highest BCUT2D eigenvalue weighted by Crippen LogP contribution is 2.28. The van der Waals surface area contributed by atoms with Gasteiger partial charge in [0.15, 0.2) is 5.82 Å². The van der Waals surface area contributed by atoms with Crippen molar-refractivity contribution in [2.45, 2.75) is 18.9 Å². The molecule has 3 heterocycles. The van der Waals surface area contributed by atoms with Crippen LogP contribution in [0.4, 0.5) is 16.3 Å². The molecule has 0 radical (unpaired) electrons. The summed E-state index contributed by atoms with van der Waals surface area (Å²) in [6.45, 7) is 0.758. The molecule has 22 heavy (non-hydrogen) atoms. The van der Waals surface area contributed by atoms with Crippen LogP contribution in [0, 0.1) is 0 Å². The van der Waals surface area contributed by atoms with Gasteiger partial charge in [0.1, 0.15) is 5.69 Å². The fourth-order valence-corrected chi connectivity index (χ4v) is 2.36. The minimum atomic E-state index is -0.420. The molecule has 0 aliphatic carbocycles. The highest BCUT2D eigenvalue weighted by molar-refractivity contribution is 5.99. The van der Waals surface area contributed by atoms with E-state index in [-0.39, 0.29) is 6.10 Å². The Morgan fingerprint density at radius 2 is 2.41 bits per heavy atom. The number of carbonyl (C=O) groups excluding carboxylic acids is 1. The second kappa shape index (κ2) is 6.06. The number of urea groups is 1. The number of hydrogen-bond acceptors (Lipinski definition) is 5. The summed E-state index contributed by atoms with van der Waals surface area (Å²) in [7, 11) is 3.24. The van der Waals surface area contributed by atoms with Crippen molar-refractivity contribution in [1.29, 1.82) is 0 Å². The number of methoxy groups -OCH3 is 1. The third kappa shape index (κ3) is 3.03. The maximum Gasteiger partial charge on any atom is 0.325 e. The number of nitrogens with one attached hydrogen (secondary N) is 3. The number of nitrogens with zero attached hydrogens (tertiary/aromatic N) is 3. The number of aromatic amines is 1. The van der Waals surface area contributed by atoms with Crippen LogP contribution >= 0.6 is 0 Å². The van der Waals surface area contributed by atoms with Crippen LogP contribution in [0.15, 0.2) is 12.3 Å². The molecule has 0 aromatic carbocycles. The molecule has 2 aromatic heterocycles. The zero-order valence-corrected chi connectivity index (χ0v) is 12.4. The van der Waals surface area contributed by atoms with Crippen molar-refractivity contribution < 1.29 is 14.3 Å². The van der Waals surface area contributed by atoms with Gasteiger partial charge in [0, 0.05) is 19.7 Å². The predicted octanol–water partition coefficient (Wildman–Crippen LogP) is 1.65. The van der Waals surface area contributed by atoms with E-state index in [9.17, 15) is 4.79 Å². The first-order valence-corrected chi connectivity index (χ1v) is 6.98. The van der Waals surface area contributed by atoms with Gasteiger partial charge in [-0.3, -0.25) is 15.1 Å². The summed E-state index contributed by atoms with van der Waals surface area (Å²) < 4.78 is 12.2. The van der Waals surface area contributed by atoms with Gasteiger partial charge in [0.05, 0.1) is 25.1 Å². The van der Waals surface area contributed by atoms with E-state index in [1.807, 2.05) is 0 Å². The number of H-pyrrole nitrogens is 1. The van der Waals surface area contributed by atoms with Gasteiger partial charge in [-0.15, -0.1) is 5.10 Å². The summed E-state index contributed by atoms with van der Waals surface area (Å²) in [4.78, 5) is 12.0. The SMILES string of the molecule is COc1nn(C)cc1NC(=O)Nc1cc(C2CCCO2)[nH]n1. The Morgan fingerprint density at radius 1 is 1.55 bits per heavy atom. The van der Waals surface area contributed by atoms with Gasteiger partial charge < -0.3 is 14.8 Å². The first-order chi connectivity index (χ1) is 10.7. The predicted molar refractivity (Wildman–Crippen MR) is 78.9 cm³/mol. The topological polar surface area (TPSA) is 106 Å². The van der Waals surface area contributed by atoms with Crippen LogP contribution in [0.3, 0.4) is 0 Å². The molecule has 0 saturated carbocycles. The van der Waals surface area contributed by atoms with E-state index in [4.69, 9.17) is 9.47 Å². The van der Waals surface area contributed by atoms with Crippen LogP contribution in [0.25, 0.3) is 0 Å². The first kappa shape index (κ1) is 14.4. The molecule has 9 nitrogen and oxygen atoms in total. The lowest BCUT2D eigenvalue weighted by atomic mass is 10.2. The zero-order valence-electron chi connectivity index (χ0n) is 12.4. The van der Waals surface area contributed by atoms with Crippen LogP contribution < -0.4 is 15.4 Å². The van der Waals surface area contributed by atoms with Crippen molar-refractivity contribution in [3.05, 3.63) is 18.0 Å². The molecular weight excluding hydrogens is 288 g/mol. The van der Waals surface area contributed by atoms with Crippen molar-refractivity contribution in [2.24, 2.45) is 7.05 Å². The molecule has 2 amide bonds. The van der Waals surface area contributed by atoms with Crippen LogP contribution in [-0.2, 0) is 11.8 Å². The van der Waals surface area contributed by atoms with E-state index in [0.29, 0.717) is 17.4 Å². The van der Waals surface area contributed by atoms with Gasteiger partial charge in [-0.25, -0.2) is 4.79 Å². The van der Waals surface area contributed by atoms with Crippen LogP contribution in [0.1, 0.15) is 24.6 Å². The van der Waals surface area contributed by atoms with Crippen molar-refractivity contribution in [3.8, 4) is 5.88 Å². The summed E-state index contributed by atoms with van der Waals surface area (Å²) in [5, 5.41) is 16.3. The molecule has 1 atom stereocenters. The Balaban J connectivity index is 1.61. The van der Waals surface area contributed by atoms with Crippen molar-refractivity contribution in [2.75, 3.05) is 24.4 Å². The Hall–Kier alpha value is -2.55. The van der Waals surface area contributed by atoms with Gasteiger partial charge in [0.25, 0.3) is 5.88 Å². The van der Waals surface area contributed by atoms with Gasteiger partial charge >= 0.3 is 6.03 Å². The summed E-state index contributed by atoms with van der Waals surface area (Å²) in [6.07, 6.45) is 3.68. The fourth-order valence-electron chi connectivity index (χ4n) is 2.36. The Kier molecular flexibility index (Phi) is 3.96. The molecule has 2 aromatic rings. The maximum atomic E-state index is 12.0. The fraction of sp³-hybridized carbons (Fsp3) is 0.462. The first-order valence-electron chi connectivity index (χ1n) is 6.98. The Labute approximate surface area is 127 Å². The maximum absolute atomic E-state index is 12.0. The zero-order chi connectivity index (χ0) is 15.5. The molecule has 0 bridgehead atoms. The van der Waals surface area contributed by atoms with Crippen molar-refractivity contribution in [3.63, 3.8) is 0 Å². The number of ether oxygens (including phenoxy) is 2. The molecule has 9 heteroatoms. The van der Waals surface area contributed by atoms with E-state index in [2.05, 4.69) is 25.9 Å². The molecule has 1 unspecified atom stereocenters. The standard InChI is InChI=1S/C13H18N6O3/c1-19-7-9(12(18-19)21-2)14-13(20)15-11-6-8(16-17-11)10-4-3-5-22-10/h6-7,10H,3-5H2,1-2H3,(H3,14,15,16,17,20). The smallest absolute Gasteiger partial charge is 0.325 e. The molecular formula is C13H18N6O3. The lowest BCUT2D eigenvalue weighted by Gasteiger charge is -2.05. The number of amides is 2. The van der Waals surface area contributed by atoms with Crippen molar-refractivity contribution in [1.82, 2.24) is 20.0 Å². The van der Waals surface area contributed by atoms with Gasteiger partial charge in [-0.2, -0.15) is 5.10 Å². The average Bonchev–Trinajstić information content (AvgIpc) is 3.19. The third-order valence-corrected chi connectivity index (χ3v) is 3.35. The molecule has 118 valence electrons. The molecule has 1 aliphatic heterocycles. The normalized spacial score (nSPS) is 17.5. The average molecular weight is 306 g/mol. The molecule has 1 saturated heterocycles. The number of aromatic nitrogens is 4. The minimum Gasteiger partial charge on any atom is -0.478 e. The highest BCUT2D eigenvalue weighted by Gasteiger charge is 2.20. The molecule has 1 fully saturated rings. The monoisotopic (exact) mass is 306 g/mol. The van der Waals surface area contributed by atoms with Crippen LogP contribution in [0.5, 0.6) is 5.88 Å².